The van der Waals surface area contributed by atoms with Gasteiger partial charge < -0.3 is 15.8 Å². The first-order valence-corrected chi connectivity index (χ1v) is 6.34. The summed E-state index contributed by atoms with van der Waals surface area (Å²) >= 11 is 0. The van der Waals surface area contributed by atoms with Crippen LogP contribution in [0.25, 0.3) is 0 Å². The van der Waals surface area contributed by atoms with Crippen molar-refractivity contribution < 1.29 is 9.53 Å². The molecule has 1 heterocycles. The maximum Gasteiger partial charge on any atom is 0.225 e. The zero-order valence-corrected chi connectivity index (χ0v) is 9.95. The van der Waals surface area contributed by atoms with Crippen LogP contribution in [0.2, 0.25) is 0 Å². The van der Waals surface area contributed by atoms with Gasteiger partial charge in [-0.3, -0.25) is 4.79 Å². The maximum atomic E-state index is 12.0. The normalized spacial score (nSPS) is 39.6. The Morgan fingerprint density at radius 3 is 2.75 bits per heavy atom. The second kappa shape index (κ2) is 5.15. The van der Waals surface area contributed by atoms with Crippen LogP contribution < -0.4 is 11.1 Å². The van der Waals surface area contributed by atoms with Crippen LogP contribution in [0.1, 0.15) is 39.0 Å². The molecular weight excluding hydrogens is 204 g/mol. The van der Waals surface area contributed by atoms with E-state index in [0.29, 0.717) is 6.61 Å². The van der Waals surface area contributed by atoms with Gasteiger partial charge in [0.2, 0.25) is 5.91 Å². The first-order valence-electron chi connectivity index (χ1n) is 6.34. The van der Waals surface area contributed by atoms with Crippen LogP contribution in [0.4, 0.5) is 0 Å². The Morgan fingerprint density at radius 2 is 2.12 bits per heavy atom. The fourth-order valence-corrected chi connectivity index (χ4v) is 2.64. The third-order valence-electron chi connectivity index (χ3n) is 3.72. The molecule has 1 saturated carbocycles. The van der Waals surface area contributed by atoms with Gasteiger partial charge in [0.1, 0.15) is 0 Å². The Kier molecular flexibility index (Phi) is 3.82. The van der Waals surface area contributed by atoms with Crippen molar-refractivity contribution in [2.75, 3.05) is 6.61 Å². The van der Waals surface area contributed by atoms with E-state index in [2.05, 4.69) is 5.32 Å². The Bertz CT molecular complexity index is 257. The minimum absolute atomic E-state index is 0.0316. The van der Waals surface area contributed by atoms with Crippen molar-refractivity contribution in [2.45, 2.75) is 57.2 Å². The molecule has 4 nitrogen and oxygen atoms in total. The summed E-state index contributed by atoms with van der Waals surface area (Å²) in [7, 11) is 0. The molecule has 16 heavy (non-hydrogen) atoms. The van der Waals surface area contributed by atoms with Gasteiger partial charge in [-0.2, -0.15) is 0 Å². The molecule has 1 saturated heterocycles. The topological polar surface area (TPSA) is 64.4 Å². The number of hydrogen-bond donors (Lipinski definition) is 2. The standard InChI is InChI=1S/C12H22N2O2/c1-8-6-9(7-16-8)12(15)14-11-5-3-2-4-10(11)13/h8-11H,2-7,13H2,1H3,(H,14,15). The monoisotopic (exact) mass is 226 g/mol. The van der Waals surface area contributed by atoms with E-state index in [1.54, 1.807) is 0 Å². The van der Waals surface area contributed by atoms with E-state index < -0.39 is 0 Å². The van der Waals surface area contributed by atoms with Gasteiger partial charge in [-0.15, -0.1) is 0 Å². The second-order valence-corrected chi connectivity index (χ2v) is 5.14. The lowest BCUT2D eigenvalue weighted by molar-refractivity contribution is -0.126. The molecule has 1 aliphatic heterocycles. The Balaban J connectivity index is 1.82. The molecule has 1 amide bonds. The highest BCUT2D eigenvalue weighted by molar-refractivity contribution is 5.79. The summed E-state index contributed by atoms with van der Waals surface area (Å²) in [6.07, 6.45) is 5.48. The van der Waals surface area contributed by atoms with Crippen LogP contribution in [0.5, 0.6) is 0 Å². The van der Waals surface area contributed by atoms with E-state index in [9.17, 15) is 4.79 Å². The van der Waals surface area contributed by atoms with Crippen molar-refractivity contribution in [3.8, 4) is 0 Å². The third-order valence-corrected chi connectivity index (χ3v) is 3.72. The number of carbonyl (C=O) groups excluding carboxylic acids is 1. The van der Waals surface area contributed by atoms with E-state index in [4.69, 9.17) is 10.5 Å². The van der Waals surface area contributed by atoms with Crippen molar-refractivity contribution >= 4 is 5.91 Å². The second-order valence-electron chi connectivity index (χ2n) is 5.14. The van der Waals surface area contributed by atoms with Gasteiger partial charge in [-0.05, 0) is 26.2 Å². The smallest absolute Gasteiger partial charge is 0.225 e. The van der Waals surface area contributed by atoms with Crippen molar-refractivity contribution in [3.63, 3.8) is 0 Å². The molecule has 3 N–H and O–H groups in total. The molecule has 2 fully saturated rings. The summed E-state index contributed by atoms with van der Waals surface area (Å²) < 4.78 is 5.41. The summed E-state index contributed by atoms with van der Waals surface area (Å²) in [6.45, 7) is 2.58. The average Bonchev–Trinajstić information content (AvgIpc) is 2.68. The van der Waals surface area contributed by atoms with Crippen LogP contribution in [-0.4, -0.2) is 30.7 Å². The summed E-state index contributed by atoms with van der Waals surface area (Å²) in [6, 6.07) is 0.314. The number of rotatable bonds is 2. The minimum atomic E-state index is 0.0316. The van der Waals surface area contributed by atoms with Crippen LogP contribution in [0.3, 0.4) is 0 Å². The molecule has 0 aromatic heterocycles. The minimum Gasteiger partial charge on any atom is -0.378 e. The van der Waals surface area contributed by atoms with E-state index >= 15 is 0 Å². The molecule has 0 radical (unpaired) electrons. The maximum absolute atomic E-state index is 12.0. The molecule has 0 aromatic carbocycles. The molecule has 0 bridgehead atoms. The lowest BCUT2D eigenvalue weighted by atomic mass is 9.90. The zero-order valence-electron chi connectivity index (χ0n) is 9.95. The van der Waals surface area contributed by atoms with E-state index in [0.717, 1.165) is 19.3 Å². The molecule has 1 aliphatic carbocycles. The summed E-state index contributed by atoms with van der Waals surface area (Å²) in [4.78, 5) is 12.0. The lowest BCUT2D eigenvalue weighted by Crippen LogP contribution is -2.50. The highest BCUT2D eigenvalue weighted by Crippen LogP contribution is 2.21. The van der Waals surface area contributed by atoms with Gasteiger partial charge in [0.05, 0.1) is 18.6 Å². The fourth-order valence-electron chi connectivity index (χ4n) is 2.64. The quantitative estimate of drug-likeness (QED) is 0.732. The molecule has 0 spiro atoms. The molecule has 2 aliphatic rings. The predicted octanol–water partition coefficient (Wildman–Crippen LogP) is 0.797. The number of nitrogens with two attached hydrogens (primary N) is 1. The van der Waals surface area contributed by atoms with Gasteiger partial charge in [0.15, 0.2) is 0 Å². The highest BCUT2D eigenvalue weighted by Gasteiger charge is 2.31. The highest BCUT2D eigenvalue weighted by atomic mass is 16.5. The van der Waals surface area contributed by atoms with Gasteiger partial charge >= 0.3 is 0 Å². The van der Waals surface area contributed by atoms with Gasteiger partial charge in [-0.25, -0.2) is 0 Å². The van der Waals surface area contributed by atoms with Gasteiger partial charge in [0.25, 0.3) is 0 Å². The summed E-state index contributed by atoms with van der Waals surface area (Å²) in [5.74, 6) is 0.163. The molecule has 0 aromatic rings. The van der Waals surface area contributed by atoms with Gasteiger partial charge in [-0.1, -0.05) is 12.8 Å². The van der Waals surface area contributed by atoms with Crippen molar-refractivity contribution in [3.05, 3.63) is 0 Å². The molecular formula is C12H22N2O2. The van der Waals surface area contributed by atoms with Crippen molar-refractivity contribution in [1.29, 1.82) is 0 Å². The fraction of sp³-hybridized carbons (Fsp3) is 0.917. The van der Waals surface area contributed by atoms with Crippen molar-refractivity contribution in [2.24, 2.45) is 11.7 Å². The number of hydrogen-bond acceptors (Lipinski definition) is 3. The summed E-state index contributed by atoms with van der Waals surface area (Å²) in [5.41, 5.74) is 6.01. The Morgan fingerprint density at radius 1 is 1.38 bits per heavy atom. The molecule has 4 atom stereocenters. The molecule has 2 rings (SSSR count). The number of amides is 1. The first-order chi connectivity index (χ1) is 7.66. The largest absolute Gasteiger partial charge is 0.378 e. The first kappa shape index (κ1) is 11.9. The predicted molar refractivity (Wildman–Crippen MR) is 61.9 cm³/mol. The van der Waals surface area contributed by atoms with Crippen molar-refractivity contribution in [1.82, 2.24) is 5.32 Å². The Hall–Kier alpha value is -0.610. The van der Waals surface area contributed by atoms with E-state index in [1.165, 1.54) is 12.8 Å². The lowest BCUT2D eigenvalue weighted by Gasteiger charge is -2.30. The summed E-state index contributed by atoms with van der Waals surface area (Å²) in [5, 5.41) is 3.09. The number of ether oxygens (including phenoxy) is 1. The SMILES string of the molecule is CC1CC(C(=O)NC2CCCCC2N)CO1. The molecule has 4 unspecified atom stereocenters. The van der Waals surface area contributed by atoms with E-state index in [-0.39, 0.29) is 30.0 Å². The van der Waals surface area contributed by atoms with Crippen LogP contribution in [-0.2, 0) is 9.53 Å². The molecule has 4 heteroatoms. The van der Waals surface area contributed by atoms with Crippen LogP contribution in [0.15, 0.2) is 0 Å². The Labute approximate surface area is 96.9 Å². The van der Waals surface area contributed by atoms with Gasteiger partial charge in [0, 0.05) is 12.1 Å². The van der Waals surface area contributed by atoms with E-state index in [1.807, 2.05) is 6.92 Å². The zero-order chi connectivity index (χ0) is 11.5. The number of nitrogens with one attached hydrogen (secondary N) is 1. The van der Waals surface area contributed by atoms with Crippen LogP contribution >= 0.6 is 0 Å². The average molecular weight is 226 g/mol. The number of carbonyl (C=O) groups is 1. The third kappa shape index (κ3) is 2.74. The molecule has 92 valence electrons. The van der Waals surface area contributed by atoms with Crippen LogP contribution in [0, 0.1) is 5.92 Å².